The van der Waals surface area contributed by atoms with Gasteiger partial charge in [0.05, 0.1) is 24.8 Å². The van der Waals surface area contributed by atoms with Crippen LogP contribution in [0.3, 0.4) is 0 Å². The Morgan fingerprint density at radius 1 is 1.14 bits per heavy atom. The molecule has 0 unspecified atom stereocenters. The molecular weight excluding hydrogens is 360 g/mol. The Morgan fingerprint density at radius 3 is 2.57 bits per heavy atom. The molecule has 1 aromatic carbocycles. The molecule has 1 aliphatic heterocycles. The van der Waals surface area contributed by atoms with Crippen LogP contribution in [0.1, 0.15) is 39.4 Å². The van der Waals surface area contributed by atoms with Gasteiger partial charge in [-0.3, -0.25) is 4.79 Å². The maximum absolute atomic E-state index is 12.4. The van der Waals surface area contributed by atoms with Crippen molar-refractivity contribution in [3.63, 3.8) is 0 Å². The number of methoxy groups -OCH3 is 1. The van der Waals surface area contributed by atoms with Crippen molar-refractivity contribution in [3.8, 4) is 5.88 Å². The number of nitrogens with zero attached hydrogens (tertiary/aromatic N) is 3. The second-order valence-electron chi connectivity index (χ2n) is 6.45. The molecule has 1 aromatic heterocycles. The maximum Gasteiger partial charge on any atom is 0.338 e. The van der Waals surface area contributed by atoms with E-state index >= 15 is 0 Å². The normalized spacial score (nSPS) is 13.3. The summed E-state index contributed by atoms with van der Waals surface area (Å²) in [5.74, 6) is 1.10. The number of carbonyl (C=O) groups excluding carboxylic acids is 2. The summed E-state index contributed by atoms with van der Waals surface area (Å²) in [5, 5.41) is 2.75. The van der Waals surface area contributed by atoms with Gasteiger partial charge >= 0.3 is 5.97 Å². The molecule has 3 rings (SSSR count). The average molecular weight is 384 g/mol. The van der Waals surface area contributed by atoms with Crippen molar-refractivity contribution in [1.82, 2.24) is 15.3 Å². The molecule has 8 heteroatoms. The highest BCUT2D eigenvalue weighted by Crippen LogP contribution is 2.21. The highest BCUT2D eigenvalue weighted by molar-refractivity contribution is 6.05. The van der Waals surface area contributed by atoms with Gasteiger partial charge in [-0.1, -0.05) is 12.1 Å². The van der Waals surface area contributed by atoms with Crippen molar-refractivity contribution in [2.24, 2.45) is 0 Å². The van der Waals surface area contributed by atoms with Gasteiger partial charge in [-0.15, -0.1) is 0 Å². The molecular formula is C20H24N4O4. The van der Waals surface area contributed by atoms with Crippen LogP contribution in [0.4, 0.5) is 5.82 Å². The van der Waals surface area contributed by atoms with E-state index < -0.39 is 5.97 Å². The van der Waals surface area contributed by atoms with Crippen molar-refractivity contribution < 1.29 is 19.1 Å². The van der Waals surface area contributed by atoms with Crippen LogP contribution >= 0.6 is 0 Å². The molecule has 1 fully saturated rings. The van der Waals surface area contributed by atoms with Gasteiger partial charge in [-0.2, -0.15) is 4.98 Å². The predicted molar refractivity (Wildman–Crippen MR) is 104 cm³/mol. The van der Waals surface area contributed by atoms with Gasteiger partial charge in [0.15, 0.2) is 0 Å². The molecule has 1 saturated heterocycles. The lowest BCUT2D eigenvalue weighted by Gasteiger charge is -2.17. The third-order valence-electron chi connectivity index (χ3n) is 4.45. The predicted octanol–water partition coefficient (Wildman–Crippen LogP) is 1.98. The Labute approximate surface area is 163 Å². The van der Waals surface area contributed by atoms with Crippen LogP contribution in [-0.4, -0.2) is 55.2 Å². The number of carbonyl (C=O) groups is 2. The highest BCUT2D eigenvalue weighted by atomic mass is 16.5. The molecule has 0 atom stereocenters. The van der Waals surface area contributed by atoms with Crippen molar-refractivity contribution in [3.05, 3.63) is 47.3 Å². The minimum absolute atomic E-state index is 0.227. The molecule has 1 aliphatic rings. The summed E-state index contributed by atoms with van der Waals surface area (Å²) in [6.45, 7) is 4.34. The van der Waals surface area contributed by atoms with Gasteiger partial charge in [0.1, 0.15) is 18.2 Å². The Kier molecular flexibility index (Phi) is 6.41. The van der Waals surface area contributed by atoms with E-state index in [9.17, 15) is 9.59 Å². The second kappa shape index (κ2) is 9.16. The Bertz CT molecular complexity index is 850. The van der Waals surface area contributed by atoms with Crippen molar-refractivity contribution in [2.45, 2.75) is 19.8 Å². The first-order chi connectivity index (χ1) is 13.6. The molecule has 1 N–H and O–H groups in total. The third kappa shape index (κ3) is 4.76. The summed E-state index contributed by atoms with van der Waals surface area (Å²) in [7, 11) is 1.28. The largest absolute Gasteiger partial charge is 0.476 e. The second-order valence-corrected chi connectivity index (χ2v) is 6.45. The Hall–Kier alpha value is -3.16. The number of amides is 1. The third-order valence-corrected chi connectivity index (χ3v) is 4.45. The van der Waals surface area contributed by atoms with Crippen LogP contribution in [0.2, 0.25) is 0 Å². The molecule has 0 aliphatic carbocycles. The summed E-state index contributed by atoms with van der Waals surface area (Å²) in [6, 6.07) is 8.34. The minimum Gasteiger partial charge on any atom is -0.476 e. The van der Waals surface area contributed by atoms with E-state index in [-0.39, 0.29) is 30.2 Å². The van der Waals surface area contributed by atoms with E-state index in [2.05, 4.69) is 20.2 Å². The van der Waals surface area contributed by atoms with Gasteiger partial charge in [0.25, 0.3) is 5.91 Å². The fourth-order valence-corrected chi connectivity index (χ4v) is 3.09. The van der Waals surface area contributed by atoms with E-state index in [0.717, 1.165) is 18.9 Å². The molecule has 1 amide bonds. The van der Waals surface area contributed by atoms with E-state index in [0.29, 0.717) is 11.7 Å². The first-order valence-electron chi connectivity index (χ1n) is 9.27. The van der Waals surface area contributed by atoms with E-state index in [1.54, 1.807) is 24.3 Å². The first-order valence-corrected chi connectivity index (χ1v) is 9.27. The molecule has 148 valence electrons. The average Bonchev–Trinajstić information content (AvgIpc) is 3.25. The van der Waals surface area contributed by atoms with Gasteiger partial charge in [0, 0.05) is 19.2 Å². The summed E-state index contributed by atoms with van der Waals surface area (Å²) >= 11 is 0. The minimum atomic E-state index is -0.548. The summed E-state index contributed by atoms with van der Waals surface area (Å²) in [6.07, 6.45) is 2.33. The fraction of sp³-hybridized carbons (Fsp3) is 0.400. The van der Waals surface area contributed by atoms with Crippen LogP contribution in [0, 0.1) is 6.92 Å². The zero-order valence-corrected chi connectivity index (χ0v) is 16.1. The van der Waals surface area contributed by atoms with Crippen LogP contribution in [0.15, 0.2) is 30.3 Å². The number of benzene rings is 1. The van der Waals surface area contributed by atoms with Gasteiger partial charge in [-0.25, -0.2) is 9.78 Å². The lowest BCUT2D eigenvalue weighted by molar-refractivity contribution is 0.0596. The van der Waals surface area contributed by atoms with Crippen LogP contribution in [0.5, 0.6) is 5.88 Å². The Morgan fingerprint density at radius 2 is 1.86 bits per heavy atom. The monoisotopic (exact) mass is 384 g/mol. The summed E-state index contributed by atoms with van der Waals surface area (Å²) in [5.41, 5.74) is 0.494. The number of hydrogen-bond donors (Lipinski definition) is 1. The number of aryl methyl sites for hydroxylation is 1. The van der Waals surface area contributed by atoms with Crippen LogP contribution in [-0.2, 0) is 4.74 Å². The number of ether oxygens (including phenoxy) is 2. The van der Waals surface area contributed by atoms with Gasteiger partial charge in [-0.05, 0) is 31.9 Å². The smallest absolute Gasteiger partial charge is 0.338 e. The quantitative estimate of drug-likeness (QED) is 0.576. The molecule has 28 heavy (non-hydrogen) atoms. The zero-order valence-electron chi connectivity index (χ0n) is 16.1. The van der Waals surface area contributed by atoms with Crippen molar-refractivity contribution in [2.75, 3.05) is 38.3 Å². The molecule has 0 spiro atoms. The summed E-state index contributed by atoms with van der Waals surface area (Å²) in [4.78, 5) is 35.1. The lowest BCUT2D eigenvalue weighted by atomic mass is 10.1. The lowest BCUT2D eigenvalue weighted by Crippen LogP contribution is -2.29. The number of anilines is 1. The van der Waals surface area contributed by atoms with Crippen LogP contribution in [0.25, 0.3) is 0 Å². The topological polar surface area (TPSA) is 93.7 Å². The number of aromatic nitrogens is 2. The van der Waals surface area contributed by atoms with E-state index in [1.165, 1.54) is 20.0 Å². The summed E-state index contributed by atoms with van der Waals surface area (Å²) < 4.78 is 10.4. The number of rotatable bonds is 7. The number of esters is 1. The highest BCUT2D eigenvalue weighted by Gasteiger charge is 2.17. The maximum atomic E-state index is 12.4. The van der Waals surface area contributed by atoms with Crippen LogP contribution < -0.4 is 15.0 Å². The molecule has 2 aromatic rings. The van der Waals surface area contributed by atoms with Crippen molar-refractivity contribution >= 4 is 17.7 Å². The SMILES string of the molecule is COC(=O)c1ccccc1C(=O)NCCOc1cc(N2CCCC2)nc(C)n1. The Balaban J connectivity index is 1.55. The standard InChI is InChI=1S/C20H24N4O4/c1-14-22-17(24-10-5-6-11-24)13-18(23-14)28-12-9-21-19(25)15-7-3-4-8-16(15)20(26)27-2/h3-4,7-8,13H,5-6,9-12H2,1-2H3,(H,21,25). The van der Waals surface area contributed by atoms with Gasteiger partial charge < -0.3 is 19.7 Å². The first kappa shape index (κ1) is 19.6. The zero-order chi connectivity index (χ0) is 19.9. The molecule has 0 saturated carbocycles. The molecule has 0 radical (unpaired) electrons. The molecule has 8 nitrogen and oxygen atoms in total. The molecule has 0 bridgehead atoms. The number of hydrogen-bond acceptors (Lipinski definition) is 7. The fourth-order valence-electron chi connectivity index (χ4n) is 3.09. The van der Waals surface area contributed by atoms with E-state index in [4.69, 9.17) is 9.47 Å². The van der Waals surface area contributed by atoms with E-state index in [1.807, 2.05) is 13.0 Å². The number of nitrogens with one attached hydrogen (secondary N) is 1. The molecule has 2 heterocycles. The van der Waals surface area contributed by atoms with Gasteiger partial charge in [0.2, 0.25) is 5.88 Å². The van der Waals surface area contributed by atoms with Crippen molar-refractivity contribution in [1.29, 1.82) is 0 Å².